The third-order valence-electron chi connectivity index (χ3n) is 5.84. The number of nitrogens with zero attached hydrogens (tertiary/aromatic N) is 3. The second kappa shape index (κ2) is 7.11. The number of aliphatic hydroxyl groups is 1. The highest BCUT2D eigenvalue weighted by Gasteiger charge is 2.43. The molecule has 0 spiro atoms. The maximum absolute atomic E-state index is 12.7. The highest BCUT2D eigenvalue weighted by Crippen LogP contribution is 2.39. The molecule has 0 bridgehead atoms. The van der Waals surface area contributed by atoms with E-state index in [2.05, 4.69) is 10.4 Å². The van der Waals surface area contributed by atoms with E-state index >= 15 is 0 Å². The van der Waals surface area contributed by atoms with Crippen LogP contribution >= 0.6 is 0 Å². The molecule has 2 fully saturated rings. The molecular formula is C20H26N4O2. The molecule has 0 radical (unpaired) electrons. The molecular weight excluding hydrogens is 328 g/mol. The molecule has 2 aliphatic rings. The zero-order valence-corrected chi connectivity index (χ0v) is 15.0. The molecule has 2 heterocycles. The second-order valence-corrected chi connectivity index (χ2v) is 7.53. The van der Waals surface area contributed by atoms with E-state index < -0.39 is 5.60 Å². The van der Waals surface area contributed by atoms with Gasteiger partial charge in [0.25, 0.3) is 0 Å². The van der Waals surface area contributed by atoms with Crippen molar-refractivity contribution in [2.24, 2.45) is 5.92 Å². The Morgan fingerprint density at radius 3 is 2.92 bits per heavy atom. The number of piperidine rings is 1. The number of amides is 2. The zero-order chi connectivity index (χ0) is 18.0. The Hall–Kier alpha value is -2.34. The fourth-order valence-corrected chi connectivity index (χ4v) is 4.27. The lowest BCUT2D eigenvalue weighted by atomic mass is 9.71. The molecule has 2 amide bonds. The number of carbonyl (C=O) groups excluding carboxylic acids is 1. The molecule has 1 aromatic heterocycles. The third-order valence-corrected chi connectivity index (χ3v) is 5.84. The van der Waals surface area contributed by atoms with Gasteiger partial charge in [0.05, 0.1) is 18.3 Å². The van der Waals surface area contributed by atoms with Crippen molar-refractivity contribution in [3.05, 3.63) is 48.2 Å². The standard InChI is InChI=1S/C20H26N4O2/c25-19(23-13-11-20(26)10-5-4-8-17(20)15-23)22-18-9-12-21-24(18)14-16-6-2-1-3-7-16/h1-3,6-7,9,12,17,26H,4-5,8,10-11,13-15H2,(H,22,25)/t17-,20-/m0/s1. The summed E-state index contributed by atoms with van der Waals surface area (Å²) in [7, 11) is 0. The summed E-state index contributed by atoms with van der Waals surface area (Å²) in [4.78, 5) is 14.6. The number of aromatic nitrogens is 2. The average molecular weight is 354 g/mol. The Balaban J connectivity index is 1.40. The van der Waals surface area contributed by atoms with E-state index in [4.69, 9.17) is 0 Å². The number of nitrogens with one attached hydrogen (secondary N) is 1. The molecule has 1 saturated carbocycles. The van der Waals surface area contributed by atoms with Gasteiger partial charge in [0.2, 0.25) is 0 Å². The molecule has 2 atom stereocenters. The van der Waals surface area contributed by atoms with E-state index in [1.54, 1.807) is 10.9 Å². The van der Waals surface area contributed by atoms with Crippen LogP contribution in [0, 0.1) is 5.92 Å². The zero-order valence-electron chi connectivity index (χ0n) is 15.0. The Morgan fingerprint density at radius 2 is 2.08 bits per heavy atom. The van der Waals surface area contributed by atoms with Gasteiger partial charge in [-0.2, -0.15) is 5.10 Å². The predicted octanol–water partition coefficient (Wildman–Crippen LogP) is 3.09. The first-order chi connectivity index (χ1) is 12.6. The molecule has 4 rings (SSSR count). The average Bonchev–Trinajstić information content (AvgIpc) is 3.08. The maximum atomic E-state index is 12.7. The normalized spacial score (nSPS) is 25.6. The van der Waals surface area contributed by atoms with Crippen molar-refractivity contribution in [2.45, 2.75) is 44.2 Å². The van der Waals surface area contributed by atoms with E-state index in [0.717, 1.165) is 31.2 Å². The topological polar surface area (TPSA) is 70.4 Å². The predicted molar refractivity (Wildman–Crippen MR) is 99.9 cm³/mol. The Morgan fingerprint density at radius 1 is 1.23 bits per heavy atom. The number of rotatable bonds is 3. The molecule has 1 aliphatic carbocycles. The van der Waals surface area contributed by atoms with Crippen LogP contribution < -0.4 is 5.32 Å². The lowest BCUT2D eigenvalue weighted by Crippen LogP contribution is -2.55. The van der Waals surface area contributed by atoms with Crippen molar-refractivity contribution in [3.8, 4) is 0 Å². The largest absolute Gasteiger partial charge is 0.389 e. The Kier molecular flexibility index (Phi) is 4.68. The summed E-state index contributed by atoms with van der Waals surface area (Å²) in [6, 6.07) is 11.8. The smallest absolute Gasteiger partial charge is 0.323 e. The molecule has 1 saturated heterocycles. The summed E-state index contributed by atoms with van der Waals surface area (Å²) in [5, 5.41) is 18.1. The van der Waals surface area contributed by atoms with Gasteiger partial charge in [-0.25, -0.2) is 9.48 Å². The van der Waals surface area contributed by atoms with Crippen molar-refractivity contribution in [1.82, 2.24) is 14.7 Å². The van der Waals surface area contributed by atoms with E-state index in [0.29, 0.717) is 31.9 Å². The van der Waals surface area contributed by atoms with Crippen molar-refractivity contribution in [2.75, 3.05) is 18.4 Å². The van der Waals surface area contributed by atoms with Gasteiger partial charge in [0.15, 0.2) is 0 Å². The molecule has 26 heavy (non-hydrogen) atoms. The van der Waals surface area contributed by atoms with E-state index in [1.165, 1.54) is 0 Å². The molecule has 1 aliphatic heterocycles. The van der Waals surface area contributed by atoms with Crippen LogP contribution in [0.3, 0.4) is 0 Å². The van der Waals surface area contributed by atoms with E-state index in [1.807, 2.05) is 41.3 Å². The molecule has 6 nitrogen and oxygen atoms in total. The monoisotopic (exact) mass is 354 g/mol. The van der Waals surface area contributed by atoms with Crippen molar-refractivity contribution < 1.29 is 9.90 Å². The molecule has 2 N–H and O–H groups in total. The lowest BCUT2D eigenvalue weighted by molar-refractivity contribution is -0.0863. The lowest BCUT2D eigenvalue weighted by Gasteiger charge is -2.47. The Bertz CT molecular complexity index is 760. The molecule has 6 heteroatoms. The number of likely N-dealkylation sites (tertiary alicyclic amines) is 1. The Labute approximate surface area is 153 Å². The summed E-state index contributed by atoms with van der Waals surface area (Å²) in [6.07, 6.45) is 6.50. The third kappa shape index (κ3) is 3.46. The number of hydrogen-bond acceptors (Lipinski definition) is 3. The molecule has 1 aromatic carbocycles. The van der Waals surface area contributed by atoms with E-state index in [9.17, 15) is 9.90 Å². The number of anilines is 1. The van der Waals surface area contributed by atoms with Crippen LogP contribution in [0.25, 0.3) is 0 Å². The van der Waals surface area contributed by atoms with Crippen LogP contribution in [-0.2, 0) is 6.54 Å². The van der Waals surface area contributed by atoms with Crippen LogP contribution in [0.1, 0.15) is 37.7 Å². The van der Waals surface area contributed by atoms with Gasteiger partial charge in [-0.15, -0.1) is 0 Å². The highest BCUT2D eigenvalue weighted by molar-refractivity contribution is 5.88. The summed E-state index contributed by atoms with van der Waals surface area (Å²) in [6.45, 7) is 1.85. The van der Waals surface area contributed by atoms with E-state index in [-0.39, 0.29) is 11.9 Å². The summed E-state index contributed by atoms with van der Waals surface area (Å²) >= 11 is 0. The minimum Gasteiger partial charge on any atom is -0.389 e. The number of fused-ring (bicyclic) bond motifs is 1. The first kappa shape index (κ1) is 17.1. The number of carbonyl (C=O) groups is 1. The van der Waals surface area contributed by atoms with Gasteiger partial charge in [-0.05, 0) is 24.8 Å². The van der Waals surface area contributed by atoms with Crippen LogP contribution in [0.4, 0.5) is 10.6 Å². The first-order valence-corrected chi connectivity index (χ1v) is 9.48. The second-order valence-electron chi connectivity index (χ2n) is 7.53. The fourth-order valence-electron chi connectivity index (χ4n) is 4.27. The summed E-state index contributed by atoms with van der Waals surface area (Å²) in [5.74, 6) is 0.897. The van der Waals surface area contributed by atoms with Crippen LogP contribution in [0.5, 0.6) is 0 Å². The van der Waals surface area contributed by atoms with Crippen molar-refractivity contribution >= 4 is 11.8 Å². The quantitative estimate of drug-likeness (QED) is 0.890. The van der Waals surface area contributed by atoms with Crippen LogP contribution in [0.2, 0.25) is 0 Å². The maximum Gasteiger partial charge on any atom is 0.323 e. The minimum absolute atomic E-state index is 0.104. The fraction of sp³-hybridized carbons (Fsp3) is 0.500. The van der Waals surface area contributed by atoms with Gasteiger partial charge in [0.1, 0.15) is 5.82 Å². The number of benzene rings is 1. The van der Waals surface area contributed by atoms with Gasteiger partial charge in [-0.1, -0.05) is 43.2 Å². The van der Waals surface area contributed by atoms with Crippen LogP contribution in [-0.4, -0.2) is 44.5 Å². The minimum atomic E-state index is -0.565. The number of urea groups is 1. The van der Waals surface area contributed by atoms with Gasteiger partial charge >= 0.3 is 6.03 Å². The highest BCUT2D eigenvalue weighted by atomic mass is 16.3. The summed E-state index contributed by atoms with van der Waals surface area (Å²) in [5.41, 5.74) is 0.571. The van der Waals surface area contributed by atoms with Crippen LogP contribution in [0.15, 0.2) is 42.6 Å². The molecule has 138 valence electrons. The number of hydrogen-bond donors (Lipinski definition) is 2. The van der Waals surface area contributed by atoms with Crippen molar-refractivity contribution in [1.29, 1.82) is 0 Å². The van der Waals surface area contributed by atoms with Gasteiger partial charge in [0, 0.05) is 25.1 Å². The molecule has 0 unspecified atom stereocenters. The molecule has 2 aromatic rings. The van der Waals surface area contributed by atoms with Crippen molar-refractivity contribution in [3.63, 3.8) is 0 Å². The SMILES string of the molecule is O=C(Nc1ccnn1Cc1ccccc1)N1CC[C@@]2(O)CCCC[C@H]2C1. The van der Waals surface area contributed by atoms with Gasteiger partial charge in [-0.3, -0.25) is 5.32 Å². The summed E-state index contributed by atoms with van der Waals surface area (Å²) < 4.78 is 1.80. The first-order valence-electron chi connectivity index (χ1n) is 9.48. The van der Waals surface area contributed by atoms with Gasteiger partial charge < -0.3 is 10.0 Å².